The number of hydrogen-bond acceptors (Lipinski definition) is 3. The molecule has 0 radical (unpaired) electrons. The molecule has 0 aromatic carbocycles. The first-order valence-electron chi connectivity index (χ1n) is 3.77. The Kier molecular flexibility index (Phi) is 6.68. The zero-order chi connectivity index (χ0) is 9.23. The van der Waals surface area contributed by atoms with Crippen molar-refractivity contribution in [2.45, 2.75) is 25.7 Å². The fourth-order valence-electron chi connectivity index (χ4n) is 0.617. The van der Waals surface area contributed by atoms with Crippen molar-refractivity contribution in [2.75, 3.05) is 6.61 Å². The maximum absolute atomic E-state index is 10.8. The Labute approximate surface area is 72.3 Å². The highest BCUT2D eigenvalue weighted by molar-refractivity contribution is 5.69. The monoisotopic (exact) mass is 165 g/mol. The molecule has 0 saturated heterocycles. The van der Waals surface area contributed by atoms with Gasteiger partial charge in [0, 0.05) is 12.8 Å². The summed E-state index contributed by atoms with van der Waals surface area (Å²) in [6.45, 7) is 0.186. The molecule has 64 valence electrons. The van der Waals surface area contributed by atoms with Gasteiger partial charge < -0.3 is 4.74 Å². The van der Waals surface area contributed by atoms with E-state index >= 15 is 0 Å². The Hall–Kier alpha value is -1.48. The van der Waals surface area contributed by atoms with E-state index in [2.05, 4.69) is 5.92 Å². The third-order valence-electron chi connectivity index (χ3n) is 1.18. The van der Waals surface area contributed by atoms with Crippen LogP contribution < -0.4 is 0 Å². The molecule has 0 spiro atoms. The lowest BCUT2D eigenvalue weighted by Gasteiger charge is -1.99. The first-order valence-corrected chi connectivity index (χ1v) is 3.77. The van der Waals surface area contributed by atoms with Crippen LogP contribution in [-0.4, -0.2) is 12.6 Å². The lowest BCUT2D eigenvalue weighted by molar-refractivity contribution is -0.143. The van der Waals surface area contributed by atoms with Gasteiger partial charge in [-0.05, 0) is 6.42 Å². The predicted molar refractivity (Wildman–Crippen MR) is 43.9 cm³/mol. The van der Waals surface area contributed by atoms with E-state index in [1.54, 1.807) is 0 Å². The SMILES string of the molecule is C#CCCCC(=O)OCCC#N. The fourth-order valence-corrected chi connectivity index (χ4v) is 0.617. The van der Waals surface area contributed by atoms with Gasteiger partial charge in [0.15, 0.2) is 0 Å². The average Bonchev–Trinajstić information content (AvgIpc) is 2.06. The molecule has 12 heavy (non-hydrogen) atoms. The Balaban J connectivity index is 3.24. The summed E-state index contributed by atoms with van der Waals surface area (Å²) < 4.78 is 4.70. The Morgan fingerprint density at radius 1 is 1.50 bits per heavy atom. The van der Waals surface area contributed by atoms with Gasteiger partial charge in [0.25, 0.3) is 0 Å². The van der Waals surface area contributed by atoms with Gasteiger partial charge in [-0.3, -0.25) is 4.79 Å². The number of hydrogen-bond donors (Lipinski definition) is 0. The van der Waals surface area contributed by atoms with Crippen LogP contribution in [0.3, 0.4) is 0 Å². The van der Waals surface area contributed by atoms with Crippen molar-refractivity contribution < 1.29 is 9.53 Å². The third-order valence-corrected chi connectivity index (χ3v) is 1.18. The van der Waals surface area contributed by atoms with E-state index in [1.807, 2.05) is 6.07 Å². The summed E-state index contributed by atoms with van der Waals surface area (Å²) >= 11 is 0. The van der Waals surface area contributed by atoms with Crippen LogP contribution in [0.5, 0.6) is 0 Å². The van der Waals surface area contributed by atoms with Crippen molar-refractivity contribution in [2.24, 2.45) is 0 Å². The quantitative estimate of drug-likeness (QED) is 0.350. The third kappa shape index (κ3) is 6.64. The van der Waals surface area contributed by atoms with E-state index in [4.69, 9.17) is 16.4 Å². The maximum Gasteiger partial charge on any atom is 0.305 e. The van der Waals surface area contributed by atoms with Crippen LogP contribution in [0.1, 0.15) is 25.7 Å². The van der Waals surface area contributed by atoms with E-state index < -0.39 is 0 Å². The minimum Gasteiger partial charge on any atom is -0.465 e. The summed E-state index contributed by atoms with van der Waals surface area (Å²) in [5.41, 5.74) is 0. The number of carbonyl (C=O) groups excluding carboxylic acids is 1. The topological polar surface area (TPSA) is 50.1 Å². The molecule has 3 heteroatoms. The molecular formula is C9H11NO2. The zero-order valence-electron chi connectivity index (χ0n) is 6.88. The lowest BCUT2D eigenvalue weighted by Crippen LogP contribution is -2.04. The molecular weight excluding hydrogens is 154 g/mol. The first kappa shape index (κ1) is 10.5. The molecule has 0 fully saturated rings. The molecule has 0 unspecified atom stereocenters. The fraction of sp³-hybridized carbons (Fsp3) is 0.556. The van der Waals surface area contributed by atoms with Gasteiger partial charge in [0.05, 0.1) is 12.5 Å². The van der Waals surface area contributed by atoms with Crippen LogP contribution in [-0.2, 0) is 9.53 Å². The molecule has 3 nitrogen and oxygen atoms in total. The number of rotatable bonds is 5. The van der Waals surface area contributed by atoms with E-state index in [0.717, 1.165) is 0 Å². The van der Waals surface area contributed by atoms with Crippen molar-refractivity contribution in [3.05, 3.63) is 0 Å². The summed E-state index contributed by atoms with van der Waals surface area (Å²) in [4.78, 5) is 10.8. The van der Waals surface area contributed by atoms with Gasteiger partial charge in [0.1, 0.15) is 6.61 Å². The summed E-state index contributed by atoms with van der Waals surface area (Å²) in [7, 11) is 0. The number of terminal acetylenes is 1. The highest BCUT2D eigenvalue weighted by atomic mass is 16.5. The summed E-state index contributed by atoms with van der Waals surface area (Å²) in [6.07, 6.45) is 6.83. The lowest BCUT2D eigenvalue weighted by atomic mass is 10.2. The molecule has 0 amide bonds. The van der Waals surface area contributed by atoms with Gasteiger partial charge >= 0.3 is 5.97 Å². The van der Waals surface area contributed by atoms with Crippen LogP contribution in [0.2, 0.25) is 0 Å². The molecule has 0 rings (SSSR count). The molecule has 0 aromatic rings. The summed E-state index contributed by atoms with van der Waals surface area (Å²) in [5, 5.41) is 8.13. The predicted octanol–water partition coefficient (Wildman–Crippen LogP) is 1.25. The Morgan fingerprint density at radius 2 is 2.25 bits per heavy atom. The van der Waals surface area contributed by atoms with Crippen LogP contribution in [0, 0.1) is 23.7 Å². The molecule has 0 saturated carbocycles. The van der Waals surface area contributed by atoms with Crippen LogP contribution in [0.4, 0.5) is 0 Å². The van der Waals surface area contributed by atoms with Gasteiger partial charge in [0.2, 0.25) is 0 Å². The Morgan fingerprint density at radius 3 is 2.83 bits per heavy atom. The number of esters is 1. The molecule has 0 atom stereocenters. The van der Waals surface area contributed by atoms with E-state index in [9.17, 15) is 4.79 Å². The number of ether oxygens (including phenoxy) is 1. The number of nitriles is 1. The second-order valence-corrected chi connectivity index (χ2v) is 2.19. The van der Waals surface area contributed by atoms with Crippen LogP contribution >= 0.6 is 0 Å². The van der Waals surface area contributed by atoms with Crippen molar-refractivity contribution in [1.29, 1.82) is 5.26 Å². The summed E-state index contributed by atoms with van der Waals surface area (Å²) in [6, 6.07) is 1.88. The first-order chi connectivity index (χ1) is 5.81. The molecule has 0 heterocycles. The van der Waals surface area contributed by atoms with E-state index in [-0.39, 0.29) is 19.0 Å². The second kappa shape index (κ2) is 7.63. The van der Waals surface area contributed by atoms with E-state index in [0.29, 0.717) is 19.3 Å². The molecule has 0 aliphatic rings. The zero-order valence-corrected chi connectivity index (χ0v) is 6.88. The molecule has 0 aromatic heterocycles. The number of carbonyl (C=O) groups is 1. The summed E-state index contributed by atoms with van der Waals surface area (Å²) in [5.74, 6) is 2.15. The largest absolute Gasteiger partial charge is 0.465 e. The van der Waals surface area contributed by atoms with Crippen molar-refractivity contribution in [3.63, 3.8) is 0 Å². The van der Waals surface area contributed by atoms with Crippen molar-refractivity contribution >= 4 is 5.97 Å². The maximum atomic E-state index is 10.8. The van der Waals surface area contributed by atoms with Gasteiger partial charge in [-0.1, -0.05) is 0 Å². The standard InChI is InChI=1S/C9H11NO2/c1-2-3-4-6-9(11)12-8-5-7-10/h1H,3-6,8H2. The Bertz CT molecular complexity index is 188. The van der Waals surface area contributed by atoms with Crippen molar-refractivity contribution in [3.8, 4) is 18.4 Å². The molecule has 0 aliphatic carbocycles. The minimum absolute atomic E-state index is 0.186. The van der Waals surface area contributed by atoms with Gasteiger partial charge in [-0.15, -0.1) is 12.3 Å². The van der Waals surface area contributed by atoms with Crippen LogP contribution in [0.15, 0.2) is 0 Å². The molecule has 0 bridgehead atoms. The number of unbranched alkanes of at least 4 members (excludes halogenated alkanes) is 1. The van der Waals surface area contributed by atoms with E-state index in [1.165, 1.54) is 0 Å². The molecule has 0 N–H and O–H groups in total. The average molecular weight is 165 g/mol. The normalized spacial score (nSPS) is 8.17. The van der Waals surface area contributed by atoms with Crippen molar-refractivity contribution in [1.82, 2.24) is 0 Å². The molecule has 0 aliphatic heterocycles. The van der Waals surface area contributed by atoms with Gasteiger partial charge in [-0.2, -0.15) is 5.26 Å². The smallest absolute Gasteiger partial charge is 0.305 e. The highest BCUT2D eigenvalue weighted by Gasteiger charge is 2.00. The minimum atomic E-state index is -0.277. The highest BCUT2D eigenvalue weighted by Crippen LogP contribution is 1.96. The van der Waals surface area contributed by atoms with Gasteiger partial charge in [-0.25, -0.2) is 0 Å². The second-order valence-electron chi connectivity index (χ2n) is 2.19. The number of nitrogens with zero attached hydrogens (tertiary/aromatic N) is 1. The van der Waals surface area contributed by atoms with Crippen LogP contribution in [0.25, 0.3) is 0 Å².